The Morgan fingerprint density at radius 1 is 1.35 bits per heavy atom. The number of fused-ring (bicyclic) bond motifs is 1. The molecule has 4 heteroatoms. The van der Waals surface area contributed by atoms with E-state index in [4.69, 9.17) is 5.26 Å². The lowest BCUT2D eigenvalue weighted by molar-refractivity contribution is 0.521. The van der Waals surface area contributed by atoms with Crippen molar-refractivity contribution in [2.45, 2.75) is 46.2 Å². The van der Waals surface area contributed by atoms with Gasteiger partial charge in [0.25, 0.3) is 0 Å². The van der Waals surface area contributed by atoms with Crippen molar-refractivity contribution in [3.8, 4) is 6.07 Å². The van der Waals surface area contributed by atoms with E-state index in [1.165, 1.54) is 11.1 Å². The monoisotopic (exact) mass is 270 g/mol. The fourth-order valence-electron chi connectivity index (χ4n) is 2.29. The number of nitriles is 1. The van der Waals surface area contributed by atoms with Crippen molar-refractivity contribution in [3.63, 3.8) is 0 Å². The predicted octanol–water partition coefficient (Wildman–Crippen LogP) is 2.94. The van der Waals surface area contributed by atoms with Crippen LogP contribution in [0.5, 0.6) is 0 Å². The third-order valence-electron chi connectivity index (χ3n) is 3.69. The van der Waals surface area contributed by atoms with Gasteiger partial charge in [-0.2, -0.15) is 5.26 Å². The van der Waals surface area contributed by atoms with E-state index in [2.05, 4.69) is 53.8 Å². The number of nitrogens with zero attached hydrogens (tertiary/aromatic N) is 3. The summed E-state index contributed by atoms with van der Waals surface area (Å²) in [5.41, 5.74) is 4.73. The van der Waals surface area contributed by atoms with Crippen molar-refractivity contribution in [1.29, 1.82) is 5.26 Å². The van der Waals surface area contributed by atoms with Gasteiger partial charge in [0.2, 0.25) is 0 Å². The van der Waals surface area contributed by atoms with Gasteiger partial charge in [0.1, 0.15) is 0 Å². The molecular weight excluding hydrogens is 248 g/mol. The molecule has 1 heterocycles. The average molecular weight is 270 g/mol. The van der Waals surface area contributed by atoms with Crippen molar-refractivity contribution < 1.29 is 0 Å². The Bertz CT molecular complexity index is 621. The Kier molecular flexibility index (Phi) is 4.75. The molecule has 0 spiro atoms. The average Bonchev–Trinajstić information content (AvgIpc) is 2.82. The van der Waals surface area contributed by atoms with Gasteiger partial charge < -0.3 is 9.88 Å². The molecule has 0 radical (unpaired) electrons. The molecule has 0 fully saturated rings. The van der Waals surface area contributed by atoms with Crippen molar-refractivity contribution in [2.75, 3.05) is 6.54 Å². The molecule has 0 aliphatic rings. The Morgan fingerprint density at radius 3 is 2.80 bits per heavy atom. The molecule has 0 saturated heterocycles. The highest BCUT2D eigenvalue weighted by molar-refractivity contribution is 5.77. The van der Waals surface area contributed by atoms with Crippen molar-refractivity contribution in [2.24, 2.45) is 0 Å². The molecule has 1 N–H and O–H groups in total. The quantitative estimate of drug-likeness (QED) is 0.878. The van der Waals surface area contributed by atoms with Crippen LogP contribution in [0.4, 0.5) is 0 Å². The zero-order valence-corrected chi connectivity index (χ0v) is 12.5. The minimum absolute atomic E-state index is 0.0843. The van der Waals surface area contributed by atoms with E-state index in [0.717, 1.165) is 37.0 Å². The highest BCUT2D eigenvalue weighted by atomic mass is 15.0. The van der Waals surface area contributed by atoms with Crippen LogP contribution in [0.25, 0.3) is 11.0 Å². The fourth-order valence-corrected chi connectivity index (χ4v) is 2.29. The van der Waals surface area contributed by atoms with Gasteiger partial charge in [-0.1, -0.05) is 6.92 Å². The van der Waals surface area contributed by atoms with Crippen LogP contribution < -0.4 is 5.32 Å². The zero-order valence-electron chi connectivity index (χ0n) is 12.5. The van der Waals surface area contributed by atoms with Crippen LogP contribution in [0.1, 0.15) is 30.9 Å². The molecular formula is C16H22N4. The van der Waals surface area contributed by atoms with Gasteiger partial charge in [-0.25, -0.2) is 4.98 Å². The lowest BCUT2D eigenvalue weighted by atomic mass is 10.1. The lowest BCUT2D eigenvalue weighted by Crippen LogP contribution is -2.29. The molecule has 1 atom stereocenters. The van der Waals surface area contributed by atoms with Crippen LogP contribution in [0.3, 0.4) is 0 Å². The molecule has 2 rings (SSSR count). The smallest absolute Gasteiger partial charge is 0.0970 e. The number of hydrogen-bond donors (Lipinski definition) is 1. The van der Waals surface area contributed by atoms with Gasteiger partial charge in [0.15, 0.2) is 0 Å². The van der Waals surface area contributed by atoms with Crippen LogP contribution in [0, 0.1) is 25.2 Å². The van der Waals surface area contributed by atoms with E-state index in [1.54, 1.807) is 0 Å². The normalized spacial score (nSPS) is 12.5. The van der Waals surface area contributed by atoms with Gasteiger partial charge in [-0.15, -0.1) is 0 Å². The largest absolute Gasteiger partial charge is 0.330 e. The second-order valence-electron chi connectivity index (χ2n) is 5.29. The summed E-state index contributed by atoms with van der Waals surface area (Å²) in [5.74, 6) is 0. The number of aryl methyl sites for hydroxylation is 3. The number of hydrogen-bond acceptors (Lipinski definition) is 3. The van der Waals surface area contributed by atoms with E-state index < -0.39 is 0 Å². The Hall–Kier alpha value is -1.86. The second kappa shape index (κ2) is 6.53. The summed E-state index contributed by atoms with van der Waals surface area (Å²) in [6.45, 7) is 8.03. The van der Waals surface area contributed by atoms with Gasteiger partial charge in [-0.3, -0.25) is 0 Å². The standard InChI is InChI=1S/C16H22N4/c1-4-6-18-14(10-17)5-7-20-11-19-15-8-12(2)13(3)9-16(15)20/h8-9,11,14,18H,4-7H2,1-3H3. The van der Waals surface area contributed by atoms with E-state index >= 15 is 0 Å². The molecule has 0 aliphatic heterocycles. The van der Waals surface area contributed by atoms with E-state index in [0.29, 0.717) is 0 Å². The summed E-state index contributed by atoms with van der Waals surface area (Å²) in [7, 11) is 0. The van der Waals surface area contributed by atoms with E-state index in [9.17, 15) is 0 Å². The predicted molar refractivity (Wildman–Crippen MR) is 81.5 cm³/mol. The Labute approximate surface area is 120 Å². The fraction of sp³-hybridized carbons (Fsp3) is 0.500. The SMILES string of the molecule is CCCNC(C#N)CCn1cnc2cc(C)c(C)cc21. The van der Waals surface area contributed by atoms with Crippen LogP contribution in [0.15, 0.2) is 18.5 Å². The molecule has 1 unspecified atom stereocenters. The summed E-state index contributed by atoms with van der Waals surface area (Å²) in [6.07, 6.45) is 3.72. The van der Waals surface area contributed by atoms with Gasteiger partial charge in [-0.05, 0) is 56.5 Å². The third-order valence-corrected chi connectivity index (χ3v) is 3.69. The summed E-state index contributed by atoms with van der Waals surface area (Å²) in [4.78, 5) is 4.45. The molecule has 0 bridgehead atoms. The maximum Gasteiger partial charge on any atom is 0.0970 e. The number of benzene rings is 1. The van der Waals surface area contributed by atoms with Crippen LogP contribution in [-0.2, 0) is 6.54 Å². The maximum atomic E-state index is 9.14. The molecule has 1 aromatic carbocycles. The highest BCUT2D eigenvalue weighted by Gasteiger charge is 2.09. The van der Waals surface area contributed by atoms with Crippen molar-refractivity contribution in [1.82, 2.24) is 14.9 Å². The van der Waals surface area contributed by atoms with Gasteiger partial charge in [0, 0.05) is 6.54 Å². The molecule has 106 valence electrons. The molecule has 4 nitrogen and oxygen atoms in total. The van der Waals surface area contributed by atoms with Crippen LogP contribution >= 0.6 is 0 Å². The molecule has 0 aliphatic carbocycles. The van der Waals surface area contributed by atoms with E-state index in [1.807, 2.05) is 6.33 Å². The summed E-state index contributed by atoms with van der Waals surface area (Å²) in [5, 5.41) is 12.4. The molecule has 2 aromatic rings. The first kappa shape index (κ1) is 14.5. The molecule has 20 heavy (non-hydrogen) atoms. The Balaban J connectivity index is 2.10. The van der Waals surface area contributed by atoms with E-state index in [-0.39, 0.29) is 6.04 Å². The van der Waals surface area contributed by atoms with Crippen molar-refractivity contribution >= 4 is 11.0 Å². The highest BCUT2D eigenvalue weighted by Crippen LogP contribution is 2.18. The molecule has 1 aromatic heterocycles. The first-order valence-electron chi connectivity index (χ1n) is 7.20. The summed E-state index contributed by atoms with van der Waals surface area (Å²) in [6, 6.07) is 6.54. The first-order chi connectivity index (χ1) is 9.65. The number of rotatable bonds is 6. The van der Waals surface area contributed by atoms with Gasteiger partial charge >= 0.3 is 0 Å². The lowest BCUT2D eigenvalue weighted by Gasteiger charge is -2.11. The third kappa shape index (κ3) is 3.17. The first-order valence-corrected chi connectivity index (χ1v) is 7.20. The van der Waals surface area contributed by atoms with Crippen LogP contribution in [0.2, 0.25) is 0 Å². The molecule has 0 amide bonds. The molecule has 0 saturated carbocycles. The Morgan fingerprint density at radius 2 is 2.10 bits per heavy atom. The van der Waals surface area contributed by atoms with Crippen molar-refractivity contribution in [3.05, 3.63) is 29.6 Å². The number of imidazole rings is 1. The maximum absolute atomic E-state index is 9.14. The summed E-state index contributed by atoms with van der Waals surface area (Å²) < 4.78 is 2.14. The minimum atomic E-state index is -0.0843. The minimum Gasteiger partial charge on any atom is -0.330 e. The van der Waals surface area contributed by atoms with Crippen LogP contribution in [-0.4, -0.2) is 22.1 Å². The summed E-state index contributed by atoms with van der Waals surface area (Å²) >= 11 is 0. The second-order valence-corrected chi connectivity index (χ2v) is 5.29. The topological polar surface area (TPSA) is 53.6 Å². The number of aromatic nitrogens is 2. The van der Waals surface area contributed by atoms with Gasteiger partial charge in [0.05, 0.1) is 29.5 Å². The zero-order chi connectivity index (χ0) is 14.5. The number of nitrogens with one attached hydrogen (secondary N) is 1.